The third-order valence-corrected chi connectivity index (χ3v) is 9.59. The van der Waals surface area contributed by atoms with Crippen LogP contribution in [0, 0.1) is 0 Å². The van der Waals surface area contributed by atoms with Gasteiger partial charge in [-0.1, -0.05) is 152 Å². The minimum absolute atomic E-state index is 0.540. The second-order valence-corrected chi connectivity index (χ2v) is 13.1. The van der Waals surface area contributed by atoms with Gasteiger partial charge in [-0.2, -0.15) is 0 Å². The number of hydrogen-bond donors (Lipinski definition) is 0. The van der Waals surface area contributed by atoms with E-state index in [4.69, 9.17) is 14.4 Å². The van der Waals surface area contributed by atoms with Crippen molar-refractivity contribution < 1.29 is 4.42 Å². The molecule has 9 aromatic rings. The number of aromatic nitrogens is 2. The summed E-state index contributed by atoms with van der Waals surface area (Å²) in [5.41, 5.74) is 15.1. The van der Waals surface area contributed by atoms with Gasteiger partial charge in [-0.3, -0.25) is 0 Å². The number of rotatable bonds is 8. The van der Waals surface area contributed by atoms with E-state index >= 15 is 0 Å². The van der Waals surface area contributed by atoms with Crippen LogP contribution in [0.5, 0.6) is 0 Å². The average molecular weight is 679 g/mol. The van der Waals surface area contributed by atoms with Gasteiger partial charge in [-0.05, 0) is 104 Å². The molecule has 0 N–H and O–H groups in total. The van der Waals surface area contributed by atoms with Gasteiger partial charge in [0.25, 0.3) is 0 Å². The molecule has 0 aliphatic heterocycles. The fraction of sp³-hybridized carbons (Fsp3) is 0. The number of benzene rings is 7. The quantitative estimate of drug-likeness (QED) is 0.161. The van der Waals surface area contributed by atoms with Gasteiger partial charge >= 0.3 is 0 Å². The van der Waals surface area contributed by atoms with E-state index in [0.717, 1.165) is 50.3 Å². The highest BCUT2D eigenvalue weighted by molar-refractivity contribution is 5.84. The van der Waals surface area contributed by atoms with Crippen molar-refractivity contribution in [2.24, 2.45) is 0 Å². The van der Waals surface area contributed by atoms with Crippen LogP contribution < -0.4 is 0 Å². The molecule has 53 heavy (non-hydrogen) atoms. The first-order chi connectivity index (χ1) is 26.2. The summed E-state index contributed by atoms with van der Waals surface area (Å²) in [6.45, 7) is 0. The summed E-state index contributed by atoms with van der Waals surface area (Å²) in [7, 11) is 0. The molecule has 9 rings (SSSR count). The van der Waals surface area contributed by atoms with Gasteiger partial charge in [0.15, 0.2) is 11.6 Å². The third-order valence-electron chi connectivity index (χ3n) is 9.59. The number of nitrogens with zero attached hydrogens (tertiary/aromatic N) is 2. The Morgan fingerprint density at radius 2 is 0.642 bits per heavy atom. The minimum Gasteiger partial charge on any atom is -0.461 e. The molecule has 0 atom stereocenters. The number of furan rings is 1. The molecule has 250 valence electrons. The van der Waals surface area contributed by atoms with Crippen LogP contribution in [0.2, 0.25) is 0 Å². The third kappa shape index (κ3) is 6.84. The summed E-state index contributed by atoms with van der Waals surface area (Å²) in [4.78, 5) is 10.2. The molecule has 0 fully saturated rings. The first-order valence-corrected chi connectivity index (χ1v) is 17.8. The summed E-state index contributed by atoms with van der Waals surface area (Å²) in [6.07, 6.45) is 1.66. The Bertz CT molecular complexity index is 2530. The predicted molar refractivity (Wildman–Crippen MR) is 218 cm³/mol. The van der Waals surface area contributed by atoms with Crippen molar-refractivity contribution in [2.75, 3.05) is 0 Å². The van der Waals surface area contributed by atoms with Gasteiger partial charge < -0.3 is 4.42 Å². The van der Waals surface area contributed by atoms with Crippen LogP contribution in [0.4, 0.5) is 0 Å². The molecular formula is C50H34N2O. The standard InChI is InChI=1S/C50H34N2O/c1-4-13-35(14-5-1)38-24-26-39(27-25-38)47-34-48(52-50(51-47)49-23-12-28-53-49)46-32-44(42-21-10-19-40(29-42)36-15-6-2-7-16-36)31-45(33-46)43-22-11-20-41(30-43)37-17-8-3-9-18-37/h1-34H. The highest BCUT2D eigenvalue weighted by atomic mass is 16.3. The highest BCUT2D eigenvalue weighted by Crippen LogP contribution is 2.37. The molecule has 0 amide bonds. The van der Waals surface area contributed by atoms with Gasteiger partial charge in [0.05, 0.1) is 17.7 Å². The maximum atomic E-state index is 5.85. The van der Waals surface area contributed by atoms with Crippen LogP contribution in [-0.2, 0) is 0 Å². The lowest BCUT2D eigenvalue weighted by Crippen LogP contribution is -1.96. The minimum atomic E-state index is 0.540. The van der Waals surface area contributed by atoms with Gasteiger partial charge in [0, 0.05) is 11.1 Å². The van der Waals surface area contributed by atoms with E-state index in [0.29, 0.717) is 11.6 Å². The van der Waals surface area contributed by atoms with Gasteiger partial charge in [0.2, 0.25) is 0 Å². The fourth-order valence-electron chi connectivity index (χ4n) is 6.85. The van der Waals surface area contributed by atoms with E-state index in [9.17, 15) is 0 Å². The van der Waals surface area contributed by atoms with Crippen LogP contribution in [0.15, 0.2) is 211 Å². The molecule has 2 aromatic heterocycles. The van der Waals surface area contributed by atoms with Crippen molar-refractivity contribution in [3.63, 3.8) is 0 Å². The van der Waals surface area contributed by atoms with Crippen molar-refractivity contribution in [3.05, 3.63) is 206 Å². The molecule has 3 nitrogen and oxygen atoms in total. The molecule has 2 heterocycles. The normalized spacial score (nSPS) is 11.0. The second-order valence-electron chi connectivity index (χ2n) is 13.1. The molecule has 0 aliphatic rings. The van der Waals surface area contributed by atoms with E-state index in [1.165, 1.54) is 27.8 Å². The van der Waals surface area contributed by atoms with Crippen LogP contribution in [-0.4, -0.2) is 9.97 Å². The van der Waals surface area contributed by atoms with Gasteiger partial charge in [-0.15, -0.1) is 0 Å². The van der Waals surface area contributed by atoms with E-state index in [2.05, 4.69) is 182 Å². The zero-order chi connectivity index (χ0) is 35.4. The van der Waals surface area contributed by atoms with Crippen LogP contribution in [0.1, 0.15) is 0 Å². The van der Waals surface area contributed by atoms with E-state index < -0.39 is 0 Å². The molecule has 0 radical (unpaired) electrons. The van der Waals surface area contributed by atoms with E-state index in [-0.39, 0.29) is 0 Å². The fourth-order valence-corrected chi connectivity index (χ4v) is 6.85. The van der Waals surface area contributed by atoms with Crippen molar-refractivity contribution in [1.82, 2.24) is 9.97 Å². The molecular weight excluding hydrogens is 645 g/mol. The summed E-state index contributed by atoms with van der Waals surface area (Å²) >= 11 is 0. The van der Waals surface area contributed by atoms with E-state index in [1.807, 2.05) is 18.2 Å². The Morgan fingerprint density at radius 1 is 0.264 bits per heavy atom. The lowest BCUT2D eigenvalue weighted by Gasteiger charge is -2.14. The second kappa shape index (κ2) is 14.3. The topological polar surface area (TPSA) is 38.9 Å². The summed E-state index contributed by atoms with van der Waals surface area (Å²) in [6, 6.07) is 70.2. The maximum absolute atomic E-state index is 5.85. The zero-order valence-electron chi connectivity index (χ0n) is 28.9. The molecule has 0 unspecified atom stereocenters. The Kier molecular flexibility index (Phi) is 8.57. The lowest BCUT2D eigenvalue weighted by atomic mass is 9.92. The monoisotopic (exact) mass is 678 g/mol. The van der Waals surface area contributed by atoms with E-state index in [1.54, 1.807) is 6.26 Å². The Labute approximate surface area is 309 Å². The number of hydrogen-bond acceptors (Lipinski definition) is 3. The van der Waals surface area contributed by atoms with Crippen molar-refractivity contribution >= 4 is 0 Å². The van der Waals surface area contributed by atoms with Crippen LogP contribution in [0.25, 0.3) is 89.7 Å². The predicted octanol–water partition coefficient (Wildman–Crippen LogP) is 13.4. The van der Waals surface area contributed by atoms with Gasteiger partial charge in [-0.25, -0.2) is 9.97 Å². The molecule has 0 aliphatic carbocycles. The molecule has 0 bridgehead atoms. The Hall–Kier alpha value is -7.10. The van der Waals surface area contributed by atoms with Gasteiger partial charge in [0.1, 0.15) is 0 Å². The maximum Gasteiger partial charge on any atom is 0.196 e. The van der Waals surface area contributed by atoms with Crippen LogP contribution in [0.3, 0.4) is 0 Å². The van der Waals surface area contributed by atoms with Crippen molar-refractivity contribution in [1.29, 1.82) is 0 Å². The molecule has 0 saturated carbocycles. The Morgan fingerprint density at radius 3 is 1.13 bits per heavy atom. The summed E-state index contributed by atoms with van der Waals surface area (Å²) < 4.78 is 5.85. The lowest BCUT2D eigenvalue weighted by molar-refractivity contribution is 0.577. The molecule has 7 aromatic carbocycles. The summed E-state index contributed by atoms with van der Waals surface area (Å²) in [5.74, 6) is 1.16. The van der Waals surface area contributed by atoms with Crippen molar-refractivity contribution in [2.45, 2.75) is 0 Å². The molecule has 3 heteroatoms. The smallest absolute Gasteiger partial charge is 0.196 e. The highest BCUT2D eigenvalue weighted by Gasteiger charge is 2.16. The molecule has 0 spiro atoms. The first-order valence-electron chi connectivity index (χ1n) is 17.8. The SMILES string of the molecule is c1ccc(-c2ccc(-c3cc(-c4cc(-c5cccc(-c6ccccc6)c5)cc(-c5cccc(-c6ccccc6)c5)c4)nc(-c4ccco4)n3)cc2)cc1. The molecule has 0 saturated heterocycles. The summed E-state index contributed by atoms with van der Waals surface area (Å²) in [5, 5.41) is 0. The largest absolute Gasteiger partial charge is 0.461 e. The average Bonchev–Trinajstić information content (AvgIpc) is 3.80. The van der Waals surface area contributed by atoms with Crippen LogP contribution >= 0.6 is 0 Å². The first kappa shape index (κ1) is 31.9. The van der Waals surface area contributed by atoms with Crippen molar-refractivity contribution in [3.8, 4) is 89.7 Å². The zero-order valence-corrected chi connectivity index (χ0v) is 28.9. The Balaban J connectivity index is 1.21.